The molecule has 0 radical (unpaired) electrons. The SMILES string of the molecule is C[C@H](NCC(O)COC1CCCCC1)c1cccs1. The van der Waals surface area contributed by atoms with Crippen molar-refractivity contribution < 1.29 is 9.84 Å². The van der Waals surface area contributed by atoms with Crippen LogP contribution in [0.1, 0.15) is 49.9 Å². The van der Waals surface area contributed by atoms with Gasteiger partial charge in [0.15, 0.2) is 0 Å². The van der Waals surface area contributed by atoms with Crippen molar-refractivity contribution in [2.45, 2.75) is 57.3 Å². The van der Waals surface area contributed by atoms with Gasteiger partial charge in [0.1, 0.15) is 0 Å². The van der Waals surface area contributed by atoms with Crippen LogP contribution in [0.5, 0.6) is 0 Å². The quantitative estimate of drug-likeness (QED) is 0.808. The molecule has 0 spiro atoms. The van der Waals surface area contributed by atoms with Gasteiger partial charge in [-0.2, -0.15) is 0 Å². The number of aliphatic hydroxyl groups excluding tert-OH is 1. The minimum atomic E-state index is -0.413. The molecular formula is C15H25NO2S. The maximum absolute atomic E-state index is 9.94. The number of thiophene rings is 1. The van der Waals surface area contributed by atoms with Gasteiger partial charge in [-0.05, 0) is 31.2 Å². The standard InChI is InChI=1S/C15H25NO2S/c1-12(15-8-5-9-19-15)16-10-13(17)11-18-14-6-3-2-4-7-14/h5,8-9,12-14,16-17H,2-4,6-7,10-11H2,1H3/t12-,13?/m0/s1. The van der Waals surface area contributed by atoms with Gasteiger partial charge in [0.25, 0.3) is 0 Å². The van der Waals surface area contributed by atoms with Gasteiger partial charge >= 0.3 is 0 Å². The predicted octanol–water partition coefficient (Wildman–Crippen LogP) is 3.11. The highest BCUT2D eigenvalue weighted by molar-refractivity contribution is 7.10. The molecule has 1 fully saturated rings. The number of hydrogen-bond acceptors (Lipinski definition) is 4. The number of rotatable bonds is 7. The zero-order chi connectivity index (χ0) is 13.5. The van der Waals surface area contributed by atoms with Crippen LogP contribution < -0.4 is 5.32 Å². The smallest absolute Gasteiger partial charge is 0.0898 e. The predicted molar refractivity (Wildman–Crippen MR) is 79.6 cm³/mol. The van der Waals surface area contributed by atoms with Gasteiger partial charge in [-0.15, -0.1) is 11.3 Å². The average Bonchev–Trinajstić information content (AvgIpc) is 2.98. The van der Waals surface area contributed by atoms with Crippen molar-refractivity contribution in [3.05, 3.63) is 22.4 Å². The van der Waals surface area contributed by atoms with E-state index in [4.69, 9.17) is 4.74 Å². The van der Waals surface area contributed by atoms with Crippen LogP contribution in [0.15, 0.2) is 17.5 Å². The summed E-state index contributed by atoms with van der Waals surface area (Å²) in [6.45, 7) is 3.17. The Morgan fingerprint density at radius 3 is 2.89 bits per heavy atom. The first kappa shape index (κ1) is 15.0. The first-order chi connectivity index (χ1) is 9.25. The fraction of sp³-hybridized carbons (Fsp3) is 0.733. The summed E-state index contributed by atoms with van der Waals surface area (Å²) in [5.74, 6) is 0. The van der Waals surface area contributed by atoms with Crippen LogP contribution in [0.2, 0.25) is 0 Å². The zero-order valence-electron chi connectivity index (χ0n) is 11.7. The molecule has 1 aromatic heterocycles. The summed E-state index contributed by atoms with van der Waals surface area (Å²) in [6, 6.07) is 4.47. The Balaban J connectivity index is 1.60. The summed E-state index contributed by atoms with van der Waals surface area (Å²) in [5.41, 5.74) is 0. The molecule has 3 nitrogen and oxygen atoms in total. The van der Waals surface area contributed by atoms with Crippen LogP contribution in [0.3, 0.4) is 0 Å². The summed E-state index contributed by atoms with van der Waals surface area (Å²) >= 11 is 1.74. The van der Waals surface area contributed by atoms with E-state index in [1.165, 1.54) is 24.1 Å². The lowest BCUT2D eigenvalue weighted by molar-refractivity contribution is -0.0234. The summed E-state index contributed by atoms with van der Waals surface area (Å²) in [5, 5.41) is 15.4. The molecule has 0 aromatic carbocycles. The van der Waals surface area contributed by atoms with Crippen molar-refractivity contribution >= 4 is 11.3 Å². The first-order valence-corrected chi connectivity index (χ1v) is 8.20. The molecule has 1 aliphatic rings. The second-order valence-corrected chi connectivity index (χ2v) is 6.37. The zero-order valence-corrected chi connectivity index (χ0v) is 12.5. The molecule has 108 valence electrons. The molecule has 1 unspecified atom stereocenters. The first-order valence-electron chi connectivity index (χ1n) is 7.32. The van der Waals surface area contributed by atoms with Gasteiger partial charge in [-0.25, -0.2) is 0 Å². The highest BCUT2D eigenvalue weighted by Crippen LogP contribution is 2.20. The number of ether oxygens (including phenoxy) is 1. The van der Waals surface area contributed by atoms with E-state index < -0.39 is 6.10 Å². The van der Waals surface area contributed by atoms with Crippen LogP contribution in [-0.4, -0.2) is 30.5 Å². The highest BCUT2D eigenvalue weighted by atomic mass is 32.1. The topological polar surface area (TPSA) is 41.5 Å². The maximum atomic E-state index is 9.94. The van der Waals surface area contributed by atoms with Crippen molar-refractivity contribution in [3.63, 3.8) is 0 Å². The third-order valence-electron chi connectivity index (χ3n) is 3.71. The number of hydrogen-bond donors (Lipinski definition) is 2. The van der Waals surface area contributed by atoms with Gasteiger partial charge in [0.2, 0.25) is 0 Å². The van der Waals surface area contributed by atoms with Gasteiger partial charge in [0, 0.05) is 17.5 Å². The lowest BCUT2D eigenvalue weighted by atomic mass is 9.98. The third kappa shape index (κ3) is 5.22. The van der Waals surface area contributed by atoms with Gasteiger partial charge in [0.05, 0.1) is 18.8 Å². The molecule has 19 heavy (non-hydrogen) atoms. The maximum Gasteiger partial charge on any atom is 0.0898 e. The molecule has 1 aromatic rings. The number of nitrogens with one attached hydrogen (secondary N) is 1. The van der Waals surface area contributed by atoms with E-state index >= 15 is 0 Å². The van der Waals surface area contributed by atoms with Gasteiger partial charge in [-0.1, -0.05) is 25.3 Å². The van der Waals surface area contributed by atoms with E-state index in [-0.39, 0.29) is 0 Å². The summed E-state index contributed by atoms with van der Waals surface area (Å²) < 4.78 is 5.78. The van der Waals surface area contributed by atoms with E-state index in [1.807, 2.05) is 0 Å². The summed E-state index contributed by atoms with van der Waals surface area (Å²) in [4.78, 5) is 1.31. The second-order valence-electron chi connectivity index (χ2n) is 5.39. The minimum absolute atomic E-state index is 0.296. The third-order valence-corrected chi connectivity index (χ3v) is 4.76. The van der Waals surface area contributed by atoms with E-state index in [1.54, 1.807) is 11.3 Å². The van der Waals surface area contributed by atoms with E-state index in [0.29, 0.717) is 25.3 Å². The number of aliphatic hydroxyl groups is 1. The molecule has 0 bridgehead atoms. The van der Waals surface area contributed by atoms with Crippen molar-refractivity contribution in [1.29, 1.82) is 0 Å². The molecule has 0 amide bonds. The molecule has 0 aliphatic heterocycles. The van der Waals surface area contributed by atoms with Crippen LogP contribution >= 0.6 is 11.3 Å². The Morgan fingerprint density at radius 2 is 2.21 bits per heavy atom. The molecule has 2 rings (SSSR count). The summed E-state index contributed by atoms with van der Waals surface area (Å²) in [6.07, 6.45) is 6.16. The lowest BCUT2D eigenvalue weighted by Crippen LogP contribution is -2.33. The van der Waals surface area contributed by atoms with Crippen LogP contribution in [0, 0.1) is 0 Å². The molecule has 4 heteroatoms. The molecule has 1 heterocycles. The highest BCUT2D eigenvalue weighted by Gasteiger charge is 2.16. The van der Waals surface area contributed by atoms with Crippen molar-refractivity contribution in [1.82, 2.24) is 5.32 Å². The second kappa shape index (κ2) is 8.00. The Hall–Kier alpha value is -0.420. The normalized spacial score (nSPS) is 20.3. The Bertz CT molecular complexity index is 336. The van der Waals surface area contributed by atoms with Gasteiger partial charge in [-0.3, -0.25) is 0 Å². The molecule has 1 aliphatic carbocycles. The Labute approximate surface area is 120 Å². The minimum Gasteiger partial charge on any atom is -0.389 e. The fourth-order valence-electron chi connectivity index (χ4n) is 2.49. The molecule has 1 saturated carbocycles. The largest absolute Gasteiger partial charge is 0.389 e. The Morgan fingerprint density at radius 1 is 1.42 bits per heavy atom. The molecule has 2 N–H and O–H groups in total. The van der Waals surface area contributed by atoms with Gasteiger partial charge < -0.3 is 15.2 Å². The van der Waals surface area contributed by atoms with Crippen molar-refractivity contribution in [3.8, 4) is 0 Å². The van der Waals surface area contributed by atoms with Crippen molar-refractivity contribution in [2.24, 2.45) is 0 Å². The van der Waals surface area contributed by atoms with Crippen LogP contribution in [-0.2, 0) is 4.74 Å². The monoisotopic (exact) mass is 283 g/mol. The molecule has 2 atom stereocenters. The Kier molecular flexibility index (Phi) is 6.31. The lowest BCUT2D eigenvalue weighted by Gasteiger charge is -2.24. The van der Waals surface area contributed by atoms with Crippen LogP contribution in [0.25, 0.3) is 0 Å². The fourth-order valence-corrected chi connectivity index (χ4v) is 3.25. The van der Waals surface area contributed by atoms with E-state index in [9.17, 15) is 5.11 Å². The average molecular weight is 283 g/mol. The van der Waals surface area contributed by atoms with E-state index in [2.05, 4.69) is 29.8 Å². The van der Waals surface area contributed by atoms with E-state index in [0.717, 1.165) is 12.8 Å². The molecular weight excluding hydrogens is 258 g/mol. The molecule has 0 saturated heterocycles. The van der Waals surface area contributed by atoms with Crippen molar-refractivity contribution in [2.75, 3.05) is 13.2 Å². The van der Waals surface area contributed by atoms with Crippen LogP contribution in [0.4, 0.5) is 0 Å². The summed E-state index contributed by atoms with van der Waals surface area (Å²) in [7, 11) is 0.